The summed E-state index contributed by atoms with van der Waals surface area (Å²) in [6.07, 6.45) is 2.21. The van der Waals surface area contributed by atoms with E-state index < -0.39 is 0 Å². The molecule has 1 aliphatic heterocycles. The van der Waals surface area contributed by atoms with Crippen LogP contribution in [0, 0.1) is 5.92 Å². The van der Waals surface area contributed by atoms with Gasteiger partial charge in [-0.2, -0.15) is 0 Å². The molecule has 0 aromatic carbocycles. The Morgan fingerprint density at radius 2 is 2.31 bits per heavy atom. The van der Waals surface area contributed by atoms with E-state index in [-0.39, 0.29) is 6.03 Å². The van der Waals surface area contributed by atoms with Gasteiger partial charge in [-0.05, 0) is 32.2 Å². The third-order valence-electron chi connectivity index (χ3n) is 2.79. The predicted molar refractivity (Wildman–Crippen MR) is 52.4 cm³/mol. The second-order valence-corrected chi connectivity index (χ2v) is 3.74. The van der Waals surface area contributed by atoms with Crippen molar-refractivity contribution in [3.63, 3.8) is 0 Å². The quantitative estimate of drug-likeness (QED) is 0.620. The van der Waals surface area contributed by atoms with Crippen LogP contribution in [0.4, 0.5) is 4.79 Å². The molecule has 1 fully saturated rings. The third kappa shape index (κ3) is 2.34. The van der Waals surface area contributed by atoms with E-state index in [0.29, 0.717) is 18.5 Å². The Labute approximate surface area is 79.5 Å². The number of likely N-dealkylation sites (tertiary alicyclic amines) is 1. The molecular weight excluding hydrogens is 166 g/mol. The molecule has 0 aliphatic carbocycles. The largest absolute Gasteiger partial charge is 0.341 e. The van der Waals surface area contributed by atoms with Crippen molar-refractivity contribution in [2.24, 2.45) is 11.7 Å². The van der Waals surface area contributed by atoms with Crippen LogP contribution in [0.5, 0.6) is 0 Å². The summed E-state index contributed by atoms with van der Waals surface area (Å²) in [6.45, 7) is 3.57. The van der Waals surface area contributed by atoms with E-state index in [0.717, 1.165) is 19.4 Å². The fraction of sp³-hybridized carbons (Fsp3) is 0.889. The average Bonchev–Trinajstić information content (AvgIpc) is 2.17. The number of nitrogens with one attached hydrogen (secondary N) is 1. The van der Waals surface area contributed by atoms with Crippen molar-refractivity contribution < 1.29 is 4.79 Å². The van der Waals surface area contributed by atoms with Gasteiger partial charge in [0.25, 0.3) is 0 Å². The summed E-state index contributed by atoms with van der Waals surface area (Å²) in [5.74, 6) is 0.480. The van der Waals surface area contributed by atoms with E-state index in [1.165, 1.54) is 0 Å². The first-order valence-electron chi connectivity index (χ1n) is 4.87. The van der Waals surface area contributed by atoms with Crippen LogP contribution in [0.1, 0.15) is 19.8 Å². The molecule has 0 aromatic heterocycles. The standard InChI is InChI=1S/C9H19N3O/c1-7-3-4-8(5-10)6-12(7)9(13)11-2/h7-8H,3-6,10H2,1-2H3,(H,11,13). The van der Waals surface area contributed by atoms with Gasteiger partial charge in [-0.15, -0.1) is 0 Å². The highest BCUT2D eigenvalue weighted by molar-refractivity contribution is 5.74. The van der Waals surface area contributed by atoms with Gasteiger partial charge in [0, 0.05) is 19.6 Å². The predicted octanol–water partition coefficient (Wildman–Crippen LogP) is 0.385. The molecule has 4 nitrogen and oxygen atoms in total. The second-order valence-electron chi connectivity index (χ2n) is 3.74. The Morgan fingerprint density at radius 3 is 2.85 bits per heavy atom. The number of rotatable bonds is 1. The minimum absolute atomic E-state index is 0.0191. The smallest absolute Gasteiger partial charge is 0.317 e. The zero-order chi connectivity index (χ0) is 9.84. The summed E-state index contributed by atoms with van der Waals surface area (Å²) in [5.41, 5.74) is 5.59. The number of nitrogens with zero attached hydrogens (tertiary/aromatic N) is 1. The molecule has 0 bridgehead atoms. The first kappa shape index (κ1) is 10.3. The molecule has 0 aromatic rings. The minimum atomic E-state index is 0.0191. The average molecular weight is 185 g/mol. The van der Waals surface area contributed by atoms with Crippen molar-refractivity contribution in [3.05, 3.63) is 0 Å². The molecule has 1 saturated heterocycles. The molecule has 1 heterocycles. The van der Waals surface area contributed by atoms with Gasteiger partial charge in [0.1, 0.15) is 0 Å². The minimum Gasteiger partial charge on any atom is -0.341 e. The molecule has 1 rings (SSSR count). The molecule has 13 heavy (non-hydrogen) atoms. The van der Waals surface area contributed by atoms with Gasteiger partial charge in [0.05, 0.1) is 0 Å². The van der Waals surface area contributed by atoms with Gasteiger partial charge in [-0.1, -0.05) is 0 Å². The van der Waals surface area contributed by atoms with E-state index in [1.807, 2.05) is 4.90 Å². The molecule has 4 heteroatoms. The molecule has 1 aliphatic rings. The lowest BCUT2D eigenvalue weighted by molar-refractivity contribution is 0.135. The second kappa shape index (κ2) is 4.46. The molecule has 2 unspecified atom stereocenters. The molecule has 0 spiro atoms. The Balaban J connectivity index is 2.54. The number of nitrogens with two attached hydrogens (primary N) is 1. The molecule has 0 saturated carbocycles. The van der Waals surface area contributed by atoms with Gasteiger partial charge >= 0.3 is 6.03 Å². The number of carbonyl (C=O) groups excluding carboxylic acids is 1. The zero-order valence-corrected chi connectivity index (χ0v) is 8.42. The first-order chi connectivity index (χ1) is 6.19. The van der Waals surface area contributed by atoms with Crippen LogP contribution in [-0.4, -0.2) is 37.1 Å². The van der Waals surface area contributed by atoms with Crippen molar-refractivity contribution >= 4 is 6.03 Å². The summed E-state index contributed by atoms with van der Waals surface area (Å²) in [5, 5.41) is 2.66. The highest BCUT2D eigenvalue weighted by Gasteiger charge is 2.27. The normalized spacial score (nSPS) is 28.7. The van der Waals surface area contributed by atoms with Gasteiger partial charge in [-0.3, -0.25) is 0 Å². The Kier molecular flexibility index (Phi) is 3.54. The van der Waals surface area contributed by atoms with E-state index >= 15 is 0 Å². The maximum atomic E-state index is 11.4. The highest BCUT2D eigenvalue weighted by Crippen LogP contribution is 2.20. The van der Waals surface area contributed by atoms with Crippen LogP contribution in [0.3, 0.4) is 0 Å². The Bertz CT molecular complexity index is 184. The number of carbonyl (C=O) groups is 1. The maximum Gasteiger partial charge on any atom is 0.317 e. The zero-order valence-electron chi connectivity index (χ0n) is 8.42. The number of piperidine rings is 1. The number of hydrogen-bond donors (Lipinski definition) is 2. The first-order valence-corrected chi connectivity index (χ1v) is 4.87. The lowest BCUT2D eigenvalue weighted by Crippen LogP contribution is -2.50. The monoisotopic (exact) mass is 185 g/mol. The van der Waals surface area contributed by atoms with Crippen molar-refractivity contribution in [2.45, 2.75) is 25.8 Å². The van der Waals surface area contributed by atoms with Gasteiger partial charge in [-0.25, -0.2) is 4.79 Å². The van der Waals surface area contributed by atoms with Crippen molar-refractivity contribution in [3.8, 4) is 0 Å². The lowest BCUT2D eigenvalue weighted by Gasteiger charge is -2.37. The summed E-state index contributed by atoms with van der Waals surface area (Å²) < 4.78 is 0. The van der Waals surface area contributed by atoms with E-state index in [2.05, 4.69) is 12.2 Å². The topological polar surface area (TPSA) is 58.4 Å². The molecule has 76 valence electrons. The third-order valence-corrected chi connectivity index (χ3v) is 2.79. The van der Waals surface area contributed by atoms with E-state index in [1.54, 1.807) is 7.05 Å². The molecular formula is C9H19N3O. The fourth-order valence-electron chi connectivity index (χ4n) is 1.80. The SMILES string of the molecule is CNC(=O)N1CC(CN)CCC1C. The molecule has 3 N–H and O–H groups in total. The number of urea groups is 1. The van der Waals surface area contributed by atoms with Crippen LogP contribution in [0.15, 0.2) is 0 Å². The summed E-state index contributed by atoms with van der Waals surface area (Å²) >= 11 is 0. The van der Waals surface area contributed by atoms with Gasteiger partial charge in [0.2, 0.25) is 0 Å². The van der Waals surface area contributed by atoms with E-state index in [4.69, 9.17) is 5.73 Å². The Hall–Kier alpha value is -0.770. The number of amides is 2. The van der Waals surface area contributed by atoms with Crippen molar-refractivity contribution in [2.75, 3.05) is 20.1 Å². The fourth-order valence-corrected chi connectivity index (χ4v) is 1.80. The van der Waals surface area contributed by atoms with Crippen LogP contribution in [0.25, 0.3) is 0 Å². The van der Waals surface area contributed by atoms with Crippen molar-refractivity contribution in [1.82, 2.24) is 10.2 Å². The molecule has 0 radical (unpaired) electrons. The van der Waals surface area contributed by atoms with Crippen LogP contribution >= 0.6 is 0 Å². The van der Waals surface area contributed by atoms with Crippen molar-refractivity contribution in [1.29, 1.82) is 0 Å². The van der Waals surface area contributed by atoms with Crippen LogP contribution in [0.2, 0.25) is 0 Å². The highest BCUT2D eigenvalue weighted by atomic mass is 16.2. The van der Waals surface area contributed by atoms with E-state index in [9.17, 15) is 4.79 Å². The maximum absolute atomic E-state index is 11.4. The van der Waals surface area contributed by atoms with Crippen LogP contribution in [-0.2, 0) is 0 Å². The summed E-state index contributed by atoms with van der Waals surface area (Å²) in [6, 6.07) is 0.369. The summed E-state index contributed by atoms with van der Waals surface area (Å²) in [7, 11) is 1.67. The lowest BCUT2D eigenvalue weighted by atomic mass is 9.94. The molecule has 2 amide bonds. The Morgan fingerprint density at radius 1 is 1.62 bits per heavy atom. The molecule has 2 atom stereocenters. The number of hydrogen-bond acceptors (Lipinski definition) is 2. The summed E-state index contributed by atoms with van der Waals surface area (Å²) in [4.78, 5) is 13.3. The van der Waals surface area contributed by atoms with Crippen LogP contribution < -0.4 is 11.1 Å². The van der Waals surface area contributed by atoms with Gasteiger partial charge < -0.3 is 16.0 Å². The van der Waals surface area contributed by atoms with Gasteiger partial charge in [0.15, 0.2) is 0 Å².